The van der Waals surface area contributed by atoms with Crippen molar-refractivity contribution in [2.45, 2.75) is 57.5 Å². The van der Waals surface area contributed by atoms with E-state index in [1.807, 2.05) is 6.92 Å². The van der Waals surface area contributed by atoms with Crippen LogP contribution in [0.5, 0.6) is 5.75 Å². The molecule has 49 heavy (non-hydrogen) atoms. The monoisotopic (exact) mass is 688 g/mol. The summed E-state index contributed by atoms with van der Waals surface area (Å²) in [4.78, 5) is 32.3. The van der Waals surface area contributed by atoms with Gasteiger partial charge in [-0.2, -0.15) is 26.3 Å². The van der Waals surface area contributed by atoms with Crippen LogP contribution in [0.25, 0.3) is 11.6 Å². The molecule has 4 atom stereocenters. The molecule has 0 saturated carbocycles. The number of imide groups is 1. The quantitative estimate of drug-likeness (QED) is 0.116. The van der Waals surface area contributed by atoms with E-state index >= 15 is 0 Å². The number of aliphatic hydroxyl groups excluding tert-OH is 2. The molecule has 2 heterocycles. The molecule has 1 saturated heterocycles. The van der Waals surface area contributed by atoms with E-state index in [0.717, 1.165) is 0 Å². The zero-order chi connectivity index (χ0) is 35.7. The highest BCUT2D eigenvalue weighted by molar-refractivity contribution is 6.22. The lowest BCUT2D eigenvalue weighted by molar-refractivity contribution is -0.143. The fourth-order valence-corrected chi connectivity index (χ4v) is 6.91. The van der Waals surface area contributed by atoms with Crippen molar-refractivity contribution in [1.29, 1.82) is 0 Å². The second-order valence-electron chi connectivity index (χ2n) is 12.2. The molecule has 1 aliphatic heterocycles. The van der Waals surface area contributed by atoms with E-state index in [2.05, 4.69) is 4.98 Å². The van der Waals surface area contributed by atoms with Crippen LogP contribution in [0.1, 0.15) is 61.4 Å². The van der Waals surface area contributed by atoms with E-state index < -0.39 is 71.4 Å². The van der Waals surface area contributed by atoms with Gasteiger partial charge in [0.1, 0.15) is 5.75 Å². The van der Waals surface area contributed by atoms with Crippen molar-refractivity contribution in [2.75, 3.05) is 11.5 Å². The van der Waals surface area contributed by atoms with Crippen LogP contribution in [0.4, 0.5) is 32.0 Å². The molecule has 1 fully saturated rings. The first-order valence-electron chi connectivity index (χ1n) is 15.7. The zero-order valence-corrected chi connectivity index (χ0v) is 26.3. The molecule has 13 heteroatoms. The van der Waals surface area contributed by atoms with E-state index in [0.29, 0.717) is 57.9 Å². The molecule has 1 aliphatic carbocycles. The minimum absolute atomic E-state index is 0.0515. The van der Waals surface area contributed by atoms with Crippen molar-refractivity contribution in [3.05, 3.63) is 100 Å². The van der Waals surface area contributed by atoms with Crippen LogP contribution in [0.15, 0.2) is 78.0 Å². The van der Waals surface area contributed by atoms with Crippen LogP contribution < -0.4 is 4.90 Å². The second kappa shape index (κ2) is 14.2. The van der Waals surface area contributed by atoms with Crippen LogP contribution >= 0.6 is 0 Å². The van der Waals surface area contributed by atoms with E-state index in [-0.39, 0.29) is 31.1 Å². The number of rotatable bonds is 10. The van der Waals surface area contributed by atoms with Gasteiger partial charge >= 0.3 is 12.4 Å². The number of alkyl halides is 6. The Morgan fingerprint density at radius 3 is 2.24 bits per heavy atom. The summed E-state index contributed by atoms with van der Waals surface area (Å²) >= 11 is 0. The maximum atomic E-state index is 13.8. The number of anilines is 1. The number of aromatic nitrogens is 1. The number of pyridine rings is 1. The van der Waals surface area contributed by atoms with Gasteiger partial charge in [0.05, 0.1) is 47.1 Å². The van der Waals surface area contributed by atoms with Crippen LogP contribution in [0, 0.1) is 17.8 Å². The number of halogens is 6. The van der Waals surface area contributed by atoms with Gasteiger partial charge in [-0.05, 0) is 90.9 Å². The molecule has 2 aromatic carbocycles. The summed E-state index contributed by atoms with van der Waals surface area (Å²) in [7, 11) is 0. The Kier molecular flexibility index (Phi) is 10.3. The molecule has 3 aromatic rings. The number of phenols is 1. The highest BCUT2D eigenvalue weighted by atomic mass is 19.4. The van der Waals surface area contributed by atoms with E-state index in [1.54, 1.807) is 48.7 Å². The maximum absolute atomic E-state index is 13.8. The first-order valence-corrected chi connectivity index (χ1v) is 15.7. The third kappa shape index (κ3) is 7.57. The number of hydrogen-bond acceptors (Lipinski definition) is 6. The van der Waals surface area contributed by atoms with Crippen molar-refractivity contribution in [3.63, 3.8) is 0 Å². The zero-order valence-electron chi connectivity index (χ0n) is 26.3. The molecule has 5 rings (SSSR count). The Bertz CT molecular complexity index is 1740. The molecule has 260 valence electrons. The second-order valence-corrected chi connectivity index (χ2v) is 12.2. The van der Waals surface area contributed by atoms with Crippen molar-refractivity contribution in [2.24, 2.45) is 17.8 Å². The normalized spacial score (nSPS) is 21.0. The Morgan fingerprint density at radius 2 is 1.67 bits per heavy atom. The number of hydrogen-bond donors (Lipinski definition) is 3. The molecule has 2 aliphatic rings. The van der Waals surface area contributed by atoms with Gasteiger partial charge in [0.25, 0.3) is 0 Å². The Hall–Kier alpha value is -4.49. The maximum Gasteiger partial charge on any atom is 0.416 e. The predicted octanol–water partition coefficient (Wildman–Crippen LogP) is 7.42. The number of aliphatic hydroxyl groups is 2. The summed E-state index contributed by atoms with van der Waals surface area (Å²) in [5, 5.41) is 32.2. The third-order valence-corrected chi connectivity index (χ3v) is 9.01. The van der Waals surface area contributed by atoms with Gasteiger partial charge in [-0.3, -0.25) is 14.6 Å². The number of benzene rings is 2. The van der Waals surface area contributed by atoms with Crippen molar-refractivity contribution in [3.8, 4) is 5.75 Å². The SMILES string of the molecule is CCCC1=C([C@H](O)CC/C(=C/c2cccc(O)c2)c2ccccn2)[C@H](CO)[C@@H]2C(=O)N(c3cc(C(F)(F)F)cc(C(F)(F)F)c3)C(=O)[C@@H]2C1. The summed E-state index contributed by atoms with van der Waals surface area (Å²) in [5.74, 6) is -5.53. The van der Waals surface area contributed by atoms with Gasteiger partial charge in [0.2, 0.25) is 11.8 Å². The standard InChI is InChI=1S/C36H34F6N2O5/c1-2-6-22-15-27-32(34(49)44(33(27)48)25-17-23(35(37,38)39)16-24(18-25)36(40,41)42)28(19-45)31(22)30(47)11-10-21(29-9-3-4-12-43-29)13-20-7-5-8-26(46)14-20/h3-5,7-9,12-14,16-18,27-28,30,32,45-47H,2,6,10-11,15,19H2,1H3/b21-13-/t27-,28+,30-,32-/m1/s1. The third-order valence-electron chi connectivity index (χ3n) is 9.01. The first kappa shape index (κ1) is 35.8. The van der Waals surface area contributed by atoms with Crippen LogP contribution in [0.3, 0.4) is 0 Å². The minimum Gasteiger partial charge on any atom is -0.508 e. The summed E-state index contributed by atoms with van der Waals surface area (Å²) in [6.45, 7) is 1.15. The predicted molar refractivity (Wildman–Crippen MR) is 169 cm³/mol. The van der Waals surface area contributed by atoms with Gasteiger partial charge in [-0.15, -0.1) is 0 Å². The molecular formula is C36H34F6N2O5. The highest BCUT2D eigenvalue weighted by Gasteiger charge is 2.55. The van der Waals surface area contributed by atoms with Crippen LogP contribution in [-0.4, -0.2) is 44.8 Å². The lowest BCUT2D eigenvalue weighted by atomic mass is 9.67. The molecule has 1 aromatic heterocycles. The molecule has 0 radical (unpaired) electrons. The van der Waals surface area contributed by atoms with E-state index in [4.69, 9.17) is 0 Å². The lowest BCUT2D eigenvalue weighted by Crippen LogP contribution is -2.39. The molecule has 2 amide bonds. The fourth-order valence-electron chi connectivity index (χ4n) is 6.91. The number of fused-ring (bicyclic) bond motifs is 1. The average Bonchev–Trinajstić information content (AvgIpc) is 3.30. The summed E-state index contributed by atoms with van der Waals surface area (Å²) in [6, 6.07) is 12.4. The molecule has 0 bridgehead atoms. The van der Waals surface area contributed by atoms with Crippen molar-refractivity contribution in [1.82, 2.24) is 4.98 Å². The largest absolute Gasteiger partial charge is 0.508 e. The number of amides is 2. The Morgan fingerprint density at radius 1 is 0.980 bits per heavy atom. The number of aromatic hydroxyl groups is 1. The molecular weight excluding hydrogens is 654 g/mol. The fraction of sp³-hybridized carbons (Fsp3) is 0.361. The lowest BCUT2D eigenvalue weighted by Gasteiger charge is -2.36. The highest BCUT2D eigenvalue weighted by Crippen LogP contribution is 2.49. The number of carbonyl (C=O) groups is 2. The summed E-state index contributed by atoms with van der Waals surface area (Å²) in [6.07, 6.45) is -6.98. The number of phenolic OH excluding ortho intramolecular Hbond substituents is 1. The first-order chi connectivity index (χ1) is 23.1. The van der Waals surface area contributed by atoms with Gasteiger partial charge in [0.15, 0.2) is 0 Å². The molecule has 0 unspecified atom stereocenters. The summed E-state index contributed by atoms with van der Waals surface area (Å²) < 4.78 is 81.8. The molecule has 3 N–H and O–H groups in total. The number of carbonyl (C=O) groups excluding carboxylic acids is 2. The number of nitrogens with zero attached hydrogens (tertiary/aromatic N) is 2. The average molecular weight is 689 g/mol. The van der Waals surface area contributed by atoms with Crippen molar-refractivity contribution >= 4 is 29.2 Å². The molecule has 7 nitrogen and oxygen atoms in total. The van der Waals surface area contributed by atoms with Crippen LogP contribution in [0.2, 0.25) is 0 Å². The van der Waals surface area contributed by atoms with Crippen LogP contribution in [-0.2, 0) is 21.9 Å². The van der Waals surface area contributed by atoms with Gasteiger partial charge in [0, 0.05) is 12.1 Å². The minimum atomic E-state index is -5.20. The smallest absolute Gasteiger partial charge is 0.416 e. The van der Waals surface area contributed by atoms with Crippen molar-refractivity contribution < 1.29 is 51.3 Å². The topological polar surface area (TPSA) is 111 Å². The van der Waals surface area contributed by atoms with Gasteiger partial charge < -0.3 is 15.3 Å². The van der Waals surface area contributed by atoms with Gasteiger partial charge in [-0.25, -0.2) is 4.90 Å². The van der Waals surface area contributed by atoms with Gasteiger partial charge in [-0.1, -0.05) is 37.1 Å². The summed E-state index contributed by atoms with van der Waals surface area (Å²) in [5.41, 5.74) is -1.27. The Labute approximate surface area is 278 Å². The molecule has 0 spiro atoms. The number of allylic oxidation sites excluding steroid dienone is 2. The van der Waals surface area contributed by atoms with E-state index in [9.17, 15) is 51.3 Å². The van der Waals surface area contributed by atoms with E-state index in [1.165, 1.54) is 6.07 Å². The Balaban J connectivity index is 1.49.